The molecule has 0 saturated heterocycles. The molecule has 0 aromatic heterocycles. The van der Waals surface area contributed by atoms with Crippen molar-refractivity contribution < 1.29 is 14.7 Å². The molecule has 1 amide bonds. The molecule has 4 heteroatoms. The Morgan fingerprint density at radius 2 is 1.59 bits per heavy atom. The first kappa shape index (κ1) is 24.4. The number of phenolic OH excluding ortho intramolecular Hbond substituents is 1. The predicted molar refractivity (Wildman–Crippen MR) is 121 cm³/mol. The molecule has 0 spiro atoms. The number of amides is 1. The number of para-hydroxylation sites is 1. The van der Waals surface area contributed by atoms with E-state index in [0.29, 0.717) is 5.69 Å². The zero-order valence-electron chi connectivity index (χ0n) is 18.5. The van der Waals surface area contributed by atoms with E-state index in [9.17, 15) is 14.7 Å². The van der Waals surface area contributed by atoms with E-state index in [1.165, 1.54) is 37.5 Å². The van der Waals surface area contributed by atoms with Crippen LogP contribution in [0.5, 0.6) is 5.75 Å². The molecule has 0 aliphatic rings. The van der Waals surface area contributed by atoms with E-state index < -0.39 is 0 Å². The van der Waals surface area contributed by atoms with Gasteiger partial charge in [0.25, 0.3) is 5.91 Å². The van der Waals surface area contributed by atoms with E-state index in [0.717, 1.165) is 17.5 Å². The zero-order valence-corrected chi connectivity index (χ0v) is 18.5. The Bertz CT molecular complexity index is 794. The number of ketones is 1. The highest BCUT2D eigenvalue weighted by Gasteiger charge is 2.23. The summed E-state index contributed by atoms with van der Waals surface area (Å²) in [5.74, 6) is -0.563. The molecular formula is C25H35NO3. The zero-order chi connectivity index (χ0) is 21.8. The Hall–Kier alpha value is -2.62. The molecule has 0 unspecified atom stereocenters. The summed E-state index contributed by atoms with van der Waals surface area (Å²) >= 11 is 0. The van der Waals surface area contributed by atoms with Gasteiger partial charge in [0.2, 0.25) is 0 Å². The molecule has 158 valence electrons. The van der Waals surface area contributed by atoms with Crippen molar-refractivity contribution in [3.8, 4) is 5.75 Å². The highest BCUT2D eigenvalue weighted by Crippen LogP contribution is 2.26. The van der Waals surface area contributed by atoms with Gasteiger partial charge in [-0.25, -0.2) is 0 Å². The van der Waals surface area contributed by atoms with Gasteiger partial charge in [-0.2, -0.15) is 0 Å². The molecule has 0 bridgehead atoms. The van der Waals surface area contributed by atoms with Crippen molar-refractivity contribution in [3.05, 3.63) is 59.2 Å². The minimum atomic E-state index is -0.376. The summed E-state index contributed by atoms with van der Waals surface area (Å²) in [6, 6.07) is 12.4. The largest absolute Gasteiger partial charge is 0.507 e. The summed E-state index contributed by atoms with van der Waals surface area (Å²) in [7, 11) is 0. The predicted octanol–water partition coefficient (Wildman–Crippen LogP) is 6.09. The molecule has 0 aliphatic carbocycles. The molecule has 0 aliphatic heterocycles. The number of hydrogen-bond donors (Lipinski definition) is 1. The van der Waals surface area contributed by atoms with Crippen LogP contribution in [0.4, 0.5) is 5.69 Å². The summed E-state index contributed by atoms with van der Waals surface area (Å²) in [5.41, 5.74) is 2.75. The minimum absolute atomic E-state index is 0.0246. The molecule has 29 heavy (non-hydrogen) atoms. The van der Waals surface area contributed by atoms with Crippen molar-refractivity contribution >= 4 is 17.4 Å². The number of Topliss-reactive ketones (excluding diaryl/α,β-unsaturated/α-hetero) is 1. The topological polar surface area (TPSA) is 57.6 Å². The quantitative estimate of drug-likeness (QED) is 0.549. The van der Waals surface area contributed by atoms with E-state index >= 15 is 0 Å². The first-order valence-electron chi connectivity index (χ1n) is 10.5. The van der Waals surface area contributed by atoms with Crippen LogP contribution in [0.15, 0.2) is 42.5 Å². The van der Waals surface area contributed by atoms with Gasteiger partial charge >= 0.3 is 0 Å². The van der Waals surface area contributed by atoms with Gasteiger partial charge in [-0.1, -0.05) is 70.7 Å². The highest BCUT2D eigenvalue weighted by atomic mass is 16.3. The summed E-state index contributed by atoms with van der Waals surface area (Å²) in [6.07, 6.45) is 6.28. The third kappa shape index (κ3) is 7.72. The second-order valence-electron chi connectivity index (χ2n) is 7.30. The van der Waals surface area contributed by atoms with E-state index in [1.54, 1.807) is 18.2 Å². The Balaban J connectivity index is 0.000000612. The fourth-order valence-electron chi connectivity index (χ4n) is 3.03. The van der Waals surface area contributed by atoms with Crippen molar-refractivity contribution in [2.24, 2.45) is 0 Å². The van der Waals surface area contributed by atoms with Crippen LogP contribution in [0.3, 0.4) is 0 Å². The number of unbranched alkanes of at least 4 members (excludes halogenated alkanes) is 3. The van der Waals surface area contributed by atoms with Crippen LogP contribution in [0, 0.1) is 6.92 Å². The summed E-state index contributed by atoms with van der Waals surface area (Å²) < 4.78 is 0. The molecule has 2 aromatic rings. The molecule has 0 heterocycles. The van der Waals surface area contributed by atoms with Crippen LogP contribution in [0.1, 0.15) is 74.9 Å². The molecule has 0 radical (unpaired) electrons. The first-order chi connectivity index (χ1) is 13.8. The van der Waals surface area contributed by atoms with Crippen LogP contribution in [-0.2, 0) is 11.2 Å². The lowest BCUT2D eigenvalue weighted by Crippen LogP contribution is -2.35. The van der Waals surface area contributed by atoms with Crippen LogP contribution in [-0.4, -0.2) is 23.3 Å². The molecule has 2 aromatic carbocycles. The van der Waals surface area contributed by atoms with Crippen molar-refractivity contribution in [2.45, 2.75) is 66.7 Å². The summed E-state index contributed by atoms with van der Waals surface area (Å²) in [5, 5.41) is 10.1. The average molecular weight is 398 g/mol. The van der Waals surface area contributed by atoms with Gasteiger partial charge in [-0.15, -0.1) is 0 Å². The number of aromatic hydroxyl groups is 1. The van der Waals surface area contributed by atoms with E-state index in [4.69, 9.17) is 0 Å². The van der Waals surface area contributed by atoms with Crippen molar-refractivity contribution in [3.63, 3.8) is 0 Å². The second kappa shape index (κ2) is 12.8. The Morgan fingerprint density at radius 3 is 2.10 bits per heavy atom. The number of rotatable bonds is 8. The van der Waals surface area contributed by atoms with Gasteiger partial charge in [0, 0.05) is 5.69 Å². The molecule has 2 rings (SSSR count). The monoisotopic (exact) mass is 397 g/mol. The van der Waals surface area contributed by atoms with Crippen LogP contribution < -0.4 is 4.90 Å². The van der Waals surface area contributed by atoms with Crippen LogP contribution in [0.2, 0.25) is 0 Å². The number of phenols is 1. The van der Waals surface area contributed by atoms with Gasteiger partial charge in [-0.05, 0) is 49.6 Å². The average Bonchev–Trinajstić information content (AvgIpc) is 2.70. The second-order valence-corrected chi connectivity index (χ2v) is 7.30. The Morgan fingerprint density at radius 1 is 0.966 bits per heavy atom. The molecule has 4 nitrogen and oxygen atoms in total. The lowest BCUT2D eigenvalue weighted by Gasteiger charge is -2.24. The maximum absolute atomic E-state index is 12.9. The maximum atomic E-state index is 12.9. The van der Waals surface area contributed by atoms with Gasteiger partial charge in [0.15, 0.2) is 0 Å². The number of hydrogen-bond acceptors (Lipinski definition) is 3. The highest BCUT2D eigenvalue weighted by molar-refractivity contribution is 6.10. The number of benzene rings is 2. The summed E-state index contributed by atoms with van der Waals surface area (Å²) in [4.78, 5) is 26.0. The van der Waals surface area contributed by atoms with E-state index in [2.05, 4.69) is 13.8 Å². The van der Waals surface area contributed by atoms with Gasteiger partial charge in [-0.3, -0.25) is 9.59 Å². The van der Waals surface area contributed by atoms with E-state index in [-0.39, 0.29) is 29.5 Å². The third-order valence-electron chi connectivity index (χ3n) is 4.63. The molecule has 0 atom stereocenters. The van der Waals surface area contributed by atoms with Crippen LogP contribution >= 0.6 is 0 Å². The number of nitrogens with zero attached hydrogens (tertiary/aromatic N) is 1. The normalized spacial score (nSPS) is 10.1. The maximum Gasteiger partial charge on any atom is 0.262 e. The standard InChI is InChI=1S/C19H21NO3.C6H14/c1-4-15-7-5-6-8-17(15)20(12-14(3)21)19(23)16-10-9-13(2)11-18(16)22;1-3-5-6-4-2/h5-11,22H,4,12H2,1-3H3;3-6H2,1-2H3. The molecule has 0 saturated carbocycles. The lowest BCUT2D eigenvalue weighted by molar-refractivity contribution is -0.115. The molecule has 0 fully saturated rings. The summed E-state index contributed by atoms with van der Waals surface area (Å²) in [6.45, 7) is 9.73. The number of carbonyl (C=O) groups excluding carboxylic acids is 2. The minimum Gasteiger partial charge on any atom is -0.507 e. The number of anilines is 1. The van der Waals surface area contributed by atoms with Gasteiger partial charge in [0.1, 0.15) is 11.5 Å². The molecule has 1 N–H and O–H groups in total. The Kier molecular flexibility index (Phi) is 10.7. The SMILES string of the molecule is CCCCCC.CCc1ccccc1N(CC(C)=O)C(=O)c1ccc(C)cc1O. The first-order valence-corrected chi connectivity index (χ1v) is 10.5. The third-order valence-corrected chi connectivity index (χ3v) is 4.63. The molecular weight excluding hydrogens is 362 g/mol. The van der Waals surface area contributed by atoms with Crippen molar-refractivity contribution in [2.75, 3.05) is 11.4 Å². The van der Waals surface area contributed by atoms with Gasteiger partial charge < -0.3 is 10.0 Å². The van der Waals surface area contributed by atoms with Crippen LogP contribution in [0.25, 0.3) is 0 Å². The number of aryl methyl sites for hydroxylation is 2. The fourth-order valence-corrected chi connectivity index (χ4v) is 3.03. The smallest absolute Gasteiger partial charge is 0.262 e. The fraction of sp³-hybridized carbons (Fsp3) is 0.440. The van der Waals surface area contributed by atoms with E-state index in [1.807, 2.05) is 38.1 Å². The van der Waals surface area contributed by atoms with Crippen molar-refractivity contribution in [1.82, 2.24) is 0 Å². The lowest BCUT2D eigenvalue weighted by atomic mass is 10.1. The Labute approximate surface area is 175 Å². The van der Waals surface area contributed by atoms with Gasteiger partial charge in [0.05, 0.1) is 12.1 Å². The number of carbonyl (C=O) groups is 2. The van der Waals surface area contributed by atoms with Crippen molar-refractivity contribution in [1.29, 1.82) is 0 Å².